The summed E-state index contributed by atoms with van der Waals surface area (Å²) in [6.07, 6.45) is 4.73. The third kappa shape index (κ3) is 3.14. The first-order valence-electron chi connectivity index (χ1n) is 6.51. The number of nitrogens with two attached hydrogens (primary N) is 1. The Hall–Kier alpha value is -0.730. The predicted molar refractivity (Wildman–Crippen MR) is 74.9 cm³/mol. The predicted octanol–water partition coefficient (Wildman–Crippen LogP) is 3.22. The van der Waals surface area contributed by atoms with Crippen molar-refractivity contribution >= 4 is 17.3 Å². The largest absolute Gasteiger partial charge is 0.368 e. The Morgan fingerprint density at radius 3 is 2.76 bits per heavy atom. The molecule has 0 aliphatic heterocycles. The fraction of sp³-hybridized carbons (Fsp3) is 0.571. The van der Waals surface area contributed by atoms with Crippen molar-refractivity contribution in [2.75, 3.05) is 18.0 Å². The first-order chi connectivity index (χ1) is 8.26. The molecular weight excluding hydrogens is 232 g/mol. The summed E-state index contributed by atoms with van der Waals surface area (Å²) in [4.78, 5) is 2.51. The quantitative estimate of drug-likeness (QED) is 0.842. The molecule has 2 nitrogen and oxygen atoms in total. The van der Waals surface area contributed by atoms with Gasteiger partial charge in [0.25, 0.3) is 0 Å². The van der Waals surface area contributed by atoms with Crippen LogP contribution in [0.25, 0.3) is 0 Å². The average molecular weight is 253 g/mol. The summed E-state index contributed by atoms with van der Waals surface area (Å²) in [6, 6.07) is 6.91. The summed E-state index contributed by atoms with van der Waals surface area (Å²) in [5.74, 6) is 0. The monoisotopic (exact) mass is 252 g/mol. The summed E-state index contributed by atoms with van der Waals surface area (Å²) in [6.45, 7) is 4.03. The van der Waals surface area contributed by atoms with Crippen LogP contribution in [0, 0.1) is 0 Å². The molecule has 1 aromatic rings. The van der Waals surface area contributed by atoms with E-state index in [4.69, 9.17) is 17.3 Å². The lowest BCUT2D eigenvalue weighted by Crippen LogP contribution is -2.27. The van der Waals surface area contributed by atoms with Crippen molar-refractivity contribution in [3.63, 3.8) is 0 Å². The van der Waals surface area contributed by atoms with E-state index in [1.807, 2.05) is 6.07 Å². The minimum atomic E-state index is 0.694. The highest BCUT2D eigenvalue weighted by Crippen LogP contribution is 2.35. The summed E-state index contributed by atoms with van der Waals surface area (Å²) in [7, 11) is 0. The molecule has 0 bridgehead atoms. The first kappa shape index (κ1) is 12.7. The summed E-state index contributed by atoms with van der Waals surface area (Å²) >= 11 is 6.13. The summed E-state index contributed by atoms with van der Waals surface area (Å²) < 4.78 is 0. The van der Waals surface area contributed by atoms with E-state index in [2.05, 4.69) is 24.0 Å². The van der Waals surface area contributed by atoms with Crippen molar-refractivity contribution in [1.29, 1.82) is 0 Å². The van der Waals surface area contributed by atoms with E-state index < -0.39 is 0 Å². The Kier molecular flexibility index (Phi) is 4.30. The highest BCUT2D eigenvalue weighted by atomic mass is 35.5. The topological polar surface area (TPSA) is 29.3 Å². The van der Waals surface area contributed by atoms with Crippen molar-refractivity contribution in [3.05, 3.63) is 28.8 Å². The van der Waals surface area contributed by atoms with Gasteiger partial charge in [0.1, 0.15) is 0 Å². The molecule has 0 saturated heterocycles. The van der Waals surface area contributed by atoms with Gasteiger partial charge in [0.15, 0.2) is 0 Å². The second kappa shape index (κ2) is 5.74. The van der Waals surface area contributed by atoms with Crippen molar-refractivity contribution in [3.8, 4) is 0 Å². The van der Waals surface area contributed by atoms with Crippen molar-refractivity contribution in [2.45, 2.75) is 38.6 Å². The molecule has 94 valence electrons. The van der Waals surface area contributed by atoms with Crippen LogP contribution < -0.4 is 10.6 Å². The Balaban J connectivity index is 2.28. The van der Waals surface area contributed by atoms with Crippen LogP contribution in [0.15, 0.2) is 18.2 Å². The minimum absolute atomic E-state index is 0.694. The second-order valence-electron chi connectivity index (χ2n) is 4.74. The smallest absolute Gasteiger partial charge is 0.0426 e. The molecule has 0 spiro atoms. The Bertz CT molecular complexity index is 374. The van der Waals surface area contributed by atoms with Gasteiger partial charge < -0.3 is 10.6 Å². The maximum atomic E-state index is 6.13. The molecule has 3 heteroatoms. The van der Waals surface area contributed by atoms with Crippen LogP contribution >= 0.6 is 11.6 Å². The highest BCUT2D eigenvalue weighted by molar-refractivity contribution is 6.30. The zero-order chi connectivity index (χ0) is 12.3. The highest BCUT2D eigenvalue weighted by Gasteiger charge is 2.29. The van der Waals surface area contributed by atoms with E-state index >= 15 is 0 Å². The molecule has 0 amide bonds. The van der Waals surface area contributed by atoms with Crippen molar-refractivity contribution in [2.24, 2.45) is 5.73 Å². The lowest BCUT2D eigenvalue weighted by molar-refractivity contribution is 0.756. The summed E-state index contributed by atoms with van der Waals surface area (Å²) in [5.41, 5.74) is 8.31. The molecule has 0 atom stereocenters. The molecule has 1 aliphatic carbocycles. The number of hydrogen-bond acceptors (Lipinski definition) is 2. The SMILES string of the molecule is CCCN(c1cc(Cl)ccc1CCN)C1CC1. The molecule has 0 heterocycles. The molecule has 1 saturated carbocycles. The van der Waals surface area contributed by atoms with Crippen LogP contribution in [0.5, 0.6) is 0 Å². The van der Waals surface area contributed by atoms with Gasteiger partial charge in [-0.1, -0.05) is 24.6 Å². The molecule has 2 rings (SSSR count). The van der Waals surface area contributed by atoms with E-state index in [1.54, 1.807) is 0 Å². The zero-order valence-electron chi connectivity index (χ0n) is 10.5. The molecule has 17 heavy (non-hydrogen) atoms. The van der Waals surface area contributed by atoms with Gasteiger partial charge in [-0.05, 0) is 49.9 Å². The molecular formula is C14H21ClN2. The zero-order valence-corrected chi connectivity index (χ0v) is 11.2. The average Bonchev–Trinajstić information content (AvgIpc) is 3.13. The maximum Gasteiger partial charge on any atom is 0.0426 e. The third-order valence-electron chi connectivity index (χ3n) is 3.22. The van der Waals surface area contributed by atoms with Gasteiger partial charge in [-0.3, -0.25) is 0 Å². The molecule has 1 aromatic carbocycles. The van der Waals surface area contributed by atoms with Crippen molar-refractivity contribution < 1.29 is 0 Å². The standard InChI is InChI=1S/C14H21ClN2/c1-2-9-17(13-5-6-13)14-10-12(15)4-3-11(14)7-8-16/h3-4,10,13H,2,5-9,16H2,1H3. The van der Waals surface area contributed by atoms with Crippen LogP contribution in [-0.4, -0.2) is 19.1 Å². The number of hydrogen-bond donors (Lipinski definition) is 1. The Morgan fingerprint density at radius 2 is 2.18 bits per heavy atom. The number of nitrogens with zero attached hydrogens (tertiary/aromatic N) is 1. The molecule has 0 aromatic heterocycles. The molecule has 2 N–H and O–H groups in total. The summed E-state index contributed by atoms with van der Waals surface area (Å²) in [5, 5.41) is 0.822. The van der Waals surface area contributed by atoms with E-state index in [-0.39, 0.29) is 0 Å². The fourth-order valence-electron chi connectivity index (χ4n) is 2.30. The van der Waals surface area contributed by atoms with Crippen LogP contribution in [0.2, 0.25) is 5.02 Å². The molecule has 0 unspecified atom stereocenters. The van der Waals surface area contributed by atoms with E-state index in [0.29, 0.717) is 6.54 Å². The number of halogens is 1. The van der Waals surface area contributed by atoms with Crippen LogP contribution in [0.1, 0.15) is 31.7 Å². The van der Waals surface area contributed by atoms with E-state index in [9.17, 15) is 0 Å². The van der Waals surface area contributed by atoms with E-state index in [1.165, 1.54) is 30.5 Å². The van der Waals surface area contributed by atoms with Crippen LogP contribution in [0.4, 0.5) is 5.69 Å². The lowest BCUT2D eigenvalue weighted by Gasteiger charge is -2.27. The third-order valence-corrected chi connectivity index (χ3v) is 3.46. The Labute approximate surface area is 109 Å². The van der Waals surface area contributed by atoms with Gasteiger partial charge >= 0.3 is 0 Å². The molecule has 0 radical (unpaired) electrons. The normalized spacial score (nSPS) is 15.0. The second-order valence-corrected chi connectivity index (χ2v) is 5.17. The van der Waals surface area contributed by atoms with Gasteiger partial charge in [0, 0.05) is 23.3 Å². The number of rotatable bonds is 6. The van der Waals surface area contributed by atoms with Crippen LogP contribution in [-0.2, 0) is 6.42 Å². The van der Waals surface area contributed by atoms with Gasteiger partial charge in [-0.2, -0.15) is 0 Å². The van der Waals surface area contributed by atoms with E-state index in [0.717, 1.165) is 24.0 Å². The van der Waals surface area contributed by atoms with Gasteiger partial charge in [0.2, 0.25) is 0 Å². The fourth-order valence-corrected chi connectivity index (χ4v) is 2.46. The van der Waals surface area contributed by atoms with Gasteiger partial charge in [-0.15, -0.1) is 0 Å². The number of anilines is 1. The number of benzene rings is 1. The van der Waals surface area contributed by atoms with Crippen molar-refractivity contribution in [1.82, 2.24) is 0 Å². The lowest BCUT2D eigenvalue weighted by atomic mass is 10.1. The Morgan fingerprint density at radius 1 is 1.41 bits per heavy atom. The first-order valence-corrected chi connectivity index (χ1v) is 6.89. The van der Waals surface area contributed by atoms with Gasteiger partial charge in [0.05, 0.1) is 0 Å². The van der Waals surface area contributed by atoms with Crippen LogP contribution in [0.3, 0.4) is 0 Å². The maximum absolute atomic E-state index is 6.13. The minimum Gasteiger partial charge on any atom is -0.368 e. The molecule has 1 aliphatic rings. The van der Waals surface area contributed by atoms with Gasteiger partial charge in [-0.25, -0.2) is 0 Å². The molecule has 1 fully saturated rings.